The minimum absolute atomic E-state index is 0.0751. The van der Waals surface area contributed by atoms with Crippen molar-refractivity contribution in [3.63, 3.8) is 0 Å². The van der Waals surface area contributed by atoms with Crippen LogP contribution in [0.25, 0.3) is 10.9 Å². The lowest BCUT2D eigenvalue weighted by atomic mass is 10.0. The Kier molecular flexibility index (Phi) is 5.65. The summed E-state index contributed by atoms with van der Waals surface area (Å²) in [5.74, 6) is 0. The van der Waals surface area contributed by atoms with Crippen LogP contribution in [0.4, 0.5) is 13.2 Å². The second kappa shape index (κ2) is 8.12. The molecule has 1 aliphatic rings. The highest BCUT2D eigenvalue weighted by molar-refractivity contribution is 7.89. The van der Waals surface area contributed by atoms with Gasteiger partial charge in [0.15, 0.2) is 0 Å². The highest BCUT2D eigenvalue weighted by atomic mass is 32.2. The van der Waals surface area contributed by atoms with Crippen LogP contribution in [0, 0.1) is 0 Å². The van der Waals surface area contributed by atoms with Gasteiger partial charge < -0.3 is 4.98 Å². The second-order valence-corrected chi connectivity index (χ2v) is 9.65. The quantitative estimate of drug-likeness (QED) is 0.644. The van der Waals surface area contributed by atoms with Crippen molar-refractivity contribution in [2.75, 3.05) is 13.1 Å². The number of H-pyrrole nitrogens is 1. The van der Waals surface area contributed by atoms with E-state index in [9.17, 15) is 26.4 Å². The fourth-order valence-electron chi connectivity index (χ4n) is 3.91. The van der Waals surface area contributed by atoms with Gasteiger partial charge in [-0.05, 0) is 54.7 Å². The smallest absolute Gasteiger partial charge is 0.322 e. The number of piperidine rings is 1. The number of hydrogen-bond donors (Lipinski definition) is 1. The third-order valence-corrected chi connectivity index (χ3v) is 7.41. The molecule has 0 radical (unpaired) electrons. The fraction of sp³-hybridized carbons (Fsp3) is 0.318. The maximum absolute atomic E-state index is 13.4. The number of nitrogens with one attached hydrogen (secondary N) is 1. The Bertz CT molecular complexity index is 1260. The van der Waals surface area contributed by atoms with Gasteiger partial charge in [-0.1, -0.05) is 24.6 Å². The van der Waals surface area contributed by atoms with E-state index < -0.39 is 27.3 Å². The molecule has 1 N–H and O–H groups in total. The zero-order chi connectivity index (χ0) is 22.2. The predicted octanol–water partition coefficient (Wildman–Crippen LogP) is 4.31. The summed E-state index contributed by atoms with van der Waals surface area (Å²) in [5.41, 5.74) is -0.271. The summed E-state index contributed by atoms with van der Waals surface area (Å²) >= 11 is 0. The normalized spacial score (nSPS) is 16.0. The van der Waals surface area contributed by atoms with Crippen LogP contribution >= 0.6 is 0 Å². The molecule has 0 saturated carbocycles. The fourth-order valence-corrected chi connectivity index (χ4v) is 5.43. The Hall–Kier alpha value is -2.65. The molecule has 3 aromatic rings. The van der Waals surface area contributed by atoms with Crippen molar-refractivity contribution in [3.8, 4) is 0 Å². The van der Waals surface area contributed by atoms with Crippen molar-refractivity contribution in [1.29, 1.82) is 0 Å². The number of hydrogen-bond acceptors (Lipinski definition) is 3. The zero-order valence-corrected chi connectivity index (χ0v) is 17.4. The molecule has 0 spiro atoms. The number of halogens is 3. The molecule has 2 aromatic carbocycles. The van der Waals surface area contributed by atoms with Crippen molar-refractivity contribution in [2.24, 2.45) is 0 Å². The van der Waals surface area contributed by atoms with Gasteiger partial charge in [0.05, 0.1) is 10.5 Å². The van der Waals surface area contributed by atoms with E-state index in [0.717, 1.165) is 24.8 Å². The number of alkyl halides is 3. The number of nitrogens with zero attached hydrogens (tertiary/aromatic N) is 1. The van der Waals surface area contributed by atoms with Crippen LogP contribution in [0.3, 0.4) is 0 Å². The highest BCUT2D eigenvalue weighted by Crippen LogP contribution is 2.33. The van der Waals surface area contributed by atoms with E-state index in [1.54, 1.807) is 30.3 Å². The number of sulfonamides is 1. The Morgan fingerprint density at radius 1 is 0.903 bits per heavy atom. The van der Waals surface area contributed by atoms with Crippen molar-refractivity contribution in [1.82, 2.24) is 9.29 Å². The molecule has 0 bridgehead atoms. The number of fused-ring (bicyclic) bond motifs is 1. The molecule has 1 aromatic heterocycles. The minimum atomic E-state index is -4.64. The molecule has 0 atom stereocenters. The van der Waals surface area contributed by atoms with E-state index in [1.165, 1.54) is 16.4 Å². The van der Waals surface area contributed by atoms with E-state index in [-0.39, 0.29) is 15.8 Å². The lowest BCUT2D eigenvalue weighted by Gasteiger charge is -2.25. The summed E-state index contributed by atoms with van der Waals surface area (Å²) in [6.07, 6.45) is -1.58. The summed E-state index contributed by atoms with van der Waals surface area (Å²) in [4.78, 5) is 14.2. The molecule has 164 valence electrons. The molecule has 0 aliphatic carbocycles. The summed E-state index contributed by atoms with van der Waals surface area (Å²) in [6.45, 7) is 1.04. The minimum Gasteiger partial charge on any atom is -0.322 e. The zero-order valence-electron chi connectivity index (χ0n) is 16.6. The molecule has 5 nitrogen and oxygen atoms in total. The first kappa shape index (κ1) is 21.6. The van der Waals surface area contributed by atoms with Gasteiger partial charge in [0.2, 0.25) is 15.6 Å². The van der Waals surface area contributed by atoms with Crippen molar-refractivity contribution in [2.45, 2.75) is 36.8 Å². The van der Waals surface area contributed by atoms with Crippen LogP contribution < -0.4 is 5.56 Å². The summed E-state index contributed by atoms with van der Waals surface area (Å²) < 4.78 is 67.1. The van der Waals surface area contributed by atoms with Gasteiger partial charge in [-0.15, -0.1) is 0 Å². The van der Waals surface area contributed by atoms with E-state index in [1.807, 2.05) is 0 Å². The lowest BCUT2D eigenvalue weighted by Crippen LogP contribution is -2.35. The topological polar surface area (TPSA) is 70.2 Å². The third kappa shape index (κ3) is 4.52. The van der Waals surface area contributed by atoms with Crippen molar-refractivity contribution in [3.05, 3.63) is 75.6 Å². The standard InChI is InChI=1S/C22H21F3N2O3S/c23-22(24,25)19-14-21(28)26-20-9-6-16(13-18(19)20)12-15-4-7-17(8-5-15)31(29,30)27-10-2-1-3-11-27/h4-9,13-14H,1-3,10-12H2,(H,26,28). The van der Waals surface area contributed by atoms with Crippen LogP contribution in [0.5, 0.6) is 0 Å². The van der Waals surface area contributed by atoms with Gasteiger partial charge in [0.25, 0.3) is 0 Å². The first-order valence-electron chi connectivity index (χ1n) is 9.97. The van der Waals surface area contributed by atoms with Crippen LogP contribution in [-0.2, 0) is 22.6 Å². The predicted molar refractivity (Wildman–Crippen MR) is 111 cm³/mol. The molecular formula is C22H21F3N2O3S. The van der Waals surface area contributed by atoms with Crippen LogP contribution in [-0.4, -0.2) is 30.8 Å². The van der Waals surface area contributed by atoms with E-state index in [4.69, 9.17) is 0 Å². The van der Waals surface area contributed by atoms with Crippen molar-refractivity contribution < 1.29 is 21.6 Å². The SMILES string of the molecule is O=c1cc(C(F)(F)F)c2cc(Cc3ccc(S(=O)(=O)N4CCCCC4)cc3)ccc2[nH]1. The Balaban J connectivity index is 1.61. The Morgan fingerprint density at radius 2 is 1.55 bits per heavy atom. The molecule has 0 unspecified atom stereocenters. The van der Waals surface area contributed by atoms with Gasteiger partial charge >= 0.3 is 6.18 Å². The summed E-state index contributed by atoms with van der Waals surface area (Å²) in [7, 11) is -3.53. The average molecular weight is 450 g/mol. The molecule has 1 saturated heterocycles. The Labute approximate surface area is 177 Å². The number of benzene rings is 2. The summed E-state index contributed by atoms with van der Waals surface area (Å²) in [5, 5.41) is -0.0751. The number of aromatic nitrogens is 1. The van der Waals surface area contributed by atoms with Crippen LogP contribution in [0.15, 0.2) is 58.2 Å². The van der Waals surface area contributed by atoms with E-state index in [2.05, 4.69) is 4.98 Å². The van der Waals surface area contributed by atoms with Crippen molar-refractivity contribution >= 4 is 20.9 Å². The van der Waals surface area contributed by atoms with Gasteiger partial charge in [-0.25, -0.2) is 8.42 Å². The molecule has 1 aliphatic heterocycles. The largest absolute Gasteiger partial charge is 0.417 e. The average Bonchev–Trinajstić information content (AvgIpc) is 2.74. The van der Waals surface area contributed by atoms with Crippen LogP contribution in [0.1, 0.15) is 36.0 Å². The molecule has 31 heavy (non-hydrogen) atoms. The van der Waals surface area contributed by atoms with E-state index >= 15 is 0 Å². The third-order valence-electron chi connectivity index (χ3n) is 5.50. The monoisotopic (exact) mass is 450 g/mol. The van der Waals surface area contributed by atoms with Gasteiger partial charge in [0.1, 0.15) is 0 Å². The first-order chi connectivity index (χ1) is 14.6. The maximum Gasteiger partial charge on any atom is 0.417 e. The van der Waals surface area contributed by atoms with Crippen LogP contribution in [0.2, 0.25) is 0 Å². The molecular weight excluding hydrogens is 429 g/mol. The van der Waals surface area contributed by atoms with Gasteiger partial charge in [-0.2, -0.15) is 17.5 Å². The maximum atomic E-state index is 13.4. The number of aromatic amines is 1. The Morgan fingerprint density at radius 3 is 2.19 bits per heavy atom. The molecule has 4 rings (SSSR count). The second-order valence-electron chi connectivity index (χ2n) is 7.71. The first-order valence-corrected chi connectivity index (χ1v) is 11.4. The molecule has 9 heteroatoms. The van der Waals surface area contributed by atoms with Gasteiger partial charge in [-0.3, -0.25) is 4.79 Å². The number of rotatable bonds is 4. The van der Waals surface area contributed by atoms with E-state index in [0.29, 0.717) is 31.1 Å². The highest BCUT2D eigenvalue weighted by Gasteiger charge is 2.33. The molecule has 2 heterocycles. The molecule has 1 fully saturated rings. The molecule has 0 amide bonds. The lowest BCUT2D eigenvalue weighted by molar-refractivity contribution is -0.136. The summed E-state index contributed by atoms with van der Waals surface area (Å²) in [6, 6.07) is 11.5. The van der Waals surface area contributed by atoms with Gasteiger partial charge in [0, 0.05) is 30.1 Å². The number of pyridine rings is 1.